The molecule has 0 unspecified atom stereocenters. The van der Waals surface area contributed by atoms with E-state index in [4.69, 9.17) is 5.73 Å². The van der Waals surface area contributed by atoms with Crippen LogP contribution in [0.1, 0.15) is 0 Å². The molecule has 2 heterocycles. The molecular formula is C13H15N3O2S. The molecule has 1 fully saturated rings. The van der Waals surface area contributed by atoms with E-state index in [1.54, 1.807) is 12.4 Å². The summed E-state index contributed by atoms with van der Waals surface area (Å²) in [6, 6.07) is 5.79. The third kappa shape index (κ3) is 2.23. The predicted octanol–water partition coefficient (Wildman–Crippen LogP) is 1.05. The molecule has 0 radical (unpaired) electrons. The molecule has 1 aliphatic heterocycles. The average Bonchev–Trinajstić information content (AvgIpc) is 2.40. The number of hydrogen-bond acceptors (Lipinski definition) is 5. The van der Waals surface area contributed by atoms with E-state index in [2.05, 4.69) is 4.98 Å². The molecule has 0 spiro atoms. The number of benzene rings is 1. The summed E-state index contributed by atoms with van der Waals surface area (Å²) in [6.07, 6.45) is 3.49. The molecule has 1 aromatic heterocycles. The summed E-state index contributed by atoms with van der Waals surface area (Å²) in [5.74, 6) is 0.391. The molecule has 0 bridgehead atoms. The van der Waals surface area contributed by atoms with Crippen molar-refractivity contribution in [3.05, 3.63) is 30.6 Å². The second-order valence-electron chi connectivity index (χ2n) is 4.73. The lowest BCUT2D eigenvalue weighted by Crippen LogP contribution is -2.40. The van der Waals surface area contributed by atoms with Gasteiger partial charge in [-0.05, 0) is 12.1 Å². The van der Waals surface area contributed by atoms with Gasteiger partial charge in [-0.2, -0.15) is 0 Å². The van der Waals surface area contributed by atoms with Gasteiger partial charge in [-0.15, -0.1) is 0 Å². The maximum atomic E-state index is 11.5. The molecule has 1 aliphatic rings. The molecule has 0 amide bonds. The van der Waals surface area contributed by atoms with E-state index in [9.17, 15) is 8.42 Å². The Labute approximate surface area is 112 Å². The highest BCUT2D eigenvalue weighted by Crippen LogP contribution is 2.31. The molecule has 2 aromatic rings. The fourth-order valence-corrected chi connectivity index (χ4v) is 3.61. The van der Waals surface area contributed by atoms with Crippen LogP contribution >= 0.6 is 0 Å². The lowest BCUT2D eigenvalue weighted by molar-refractivity contribution is 0.587. The molecule has 19 heavy (non-hydrogen) atoms. The normalized spacial score (nSPS) is 18.6. The highest BCUT2D eigenvalue weighted by molar-refractivity contribution is 7.91. The van der Waals surface area contributed by atoms with Crippen LogP contribution in [0.25, 0.3) is 10.8 Å². The lowest BCUT2D eigenvalue weighted by Gasteiger charge is -2.30. The van der Waals surface area contributed by atoms with Crippen LogP contribution in [0.2, 0.25) is 0 Å². The number of aromatic nitrogens is 1. The van der Waals surface area contributed by atoms with Crippen LogP contribution < -0.4 is 10.6 Å². The quantitative estimate of drug-likeness (QED) is 0.789. The van der Waals surface area contributed by atoms with Crippen LogP contribution in [0.5, 0.6) is 0 Å². The van der Waals surface area contributed by atoms with Crippen LogP contribution in [0.15, 0.2) is 30.6 Å². The van der Waals surface area contributed by atoms with E-state index >= 15 is 0 Å². The SMILES string of the molecule is Nc1c(N2CCS(=O)(=O)CC2)ccc2cnccc12. The van der Waals surface area contributed by atoms with Crippen LogP contribution in [-0.2, 0) is 9.84 Å². The zero-order valence-corrected chi connectivity index (χ0v) is 11.2. The maximum absolute atomic E-state index is 11.5. The minimum Gasteiger partial charge on any atom is -0.397 e. The first-order valence-corrected chi connectivity index (χ1v) is 7.96. The molecule has 0 atom stereocenters. The molecule has 2 N–H and O–H groups in total. The lowest BCUT2D eigenvalue weighted by atomic mass is 10.1. The molecule has 5 nitrogen and oxygen atoms in total. The van der Waals surface area contributed by atoms with Crippen LogP contribution in [0.4, 0.5) is 11.4 Å². The molecule has 1 aromatic carbocycles. The van der Waals surface area contributed by atoms with E-state index in [-0.39, 0.29) is 11.5 Å². The Morgan fingerprint density at radius 1 is 1.16 bits per heavy atom. The third-order valence-corrected chi connectivity index (χ3v) is 5.13. The highest BCUT2D eigenvalue weighted by Gasteiger charge is 2.23. The second kappa shape index (κ2) is 4.38. The van der Waals surface area contributed by atoms with Crippen molar-refractivity contribution in [1.29, 1.82) is 0 Å². The van der Waals surface area contributed by atoms with Crippen molar-refractivity contribution in [3.8, 4) is 0 Å². The number of fused-ring (bicyclic) bond motifs is 1. The smallest absolute Gasteiger partial charge is 0.153 e. The number of nitrogen functional groups attached to an aromatic ring is 1. The molecule has 3 rings (SSSR count). The Morgan fingerprint density at radius 2 is 1.89 bits per heavy atom. The van der Waals surface area contributed by atoms with E-state index < -0.39 is 9.84 Å². The number of nitrogens with two attached hydrogens (primary N) is 1. The van der Waals surface area contributed by atoms with E-state index in [0.29, 0.717) is 18.8 Å². The van der Waals surface area contributed by atoms with Crippen molar-refractivity contribution in [2.24, 2.45) is 0 Å². The highest BCUT2D eigenvalue weighted by atomic mass is 32.2. The largest absolute Gasteiger partial charge is 0.397 e. The number of anilines is 2. The Bertz CT molecular complexity index is 714. The first-order chi connectivity index (χ1) is 9.07. The Hall–Kier alpha value is -1.82. The summed E-state index contributed by atoms with van der Waals surface area (Å²) in [6.45, 7) is 1.01. The number of hydrogen-bond donors (Lipinski definition) is 1. The monoisotopic (exact) mass is 277 g/mol. The van der Waals surface area contributed by atoms with E-state index in [0.717, 1.165) is 16.5 Å². The fourth-order valence-electron chi connectivity index (χ4n) is 2.41. The summed E-state index contributed by atoms with van der Waals surface area (Å²) in [4.78, 5) is 6.10. The summed E-state index contributed by atoms with van der Waals surface area (Å²) < 4.78 is 22.9. The summed E-state index contributed by atoms with van der Waals surface area (Å²) in [5.41, 5.74) is 7.80. The van der Waals surface area contributed by atoms with Gasteiger partial charge in [0.15, 0.2) is 9.84 Å². The van der Waals surface area contributed by atoms with Gasteiger partial charge in [0.2, 0.25) is 0 Å². The van der Waals surface area contributed by atoms with E-state index in [1.165, 1.54) is 0 Å². The van der Waals surface area contributed by atoms with Gasteiger partial charge in [0, 0.05) is 36.3 Å². The minimum atomic E-state index is -2.87. The molecule has 0 aliphatic carbocycles. The van der Waals surface area contributed by atoms with Gasteiger partial charge in [0.05, 0.1) is 22.9 Å². The van der Waals surface area contributed by atoms with Crippen LogP contribution in [-0.4, -0.2) is 38.0 Å². The maximum Gasteiger partial charge on any atom is 0.153 e. The number of nitrogens with zero attached hydrogens (tertiary/aromatic N) is 2. The summed E-state index contributed by atoms with van der Waals surface area (Å²) >= 11 is 0. The fraction of sp³-hybridized carbons (Fsp3) is 0.308. The average molecular weight is 277 g/mol. The van der Waals surface area contributed by atoms with Gasteiger partial charge in [-0.25, -0.2) is 8.42 Å². The van der Waals surface area contributed by atoms with Crippen molar-refractivity contribution in [1.82, 2.24) is 4.98 Å². The van der Waals surface area contributed by atoms with Gasteiger partial charge in [0.25, 0.3) is 0 Å². The molecular weight excluding hydrogens is 262 g/mol. The van der Waals surface area contributed by atoms with Gasteiger partial charge in [-0.3, -0.25) is 4.98 Å². The van der Waals surface area contributed by atoms with Crippen LogP contribution in [0.3, 0.4) is 0 Å². The molecule has 100 valence electrons. The second-order valence-corrected chi connectivity index (χ2v) is 7.04. The van der Waals surface area contributed by atoms with Gasteiger partial charge in [-0.1, -0.05) is 6.07 Å². The van der Waals surface area contributed by atoms with E-state index in [1.807, 2.05) is 23.1 Å². The van der Waals surface area contributed by atoms with Crippen molar-refractivity contribution < 1.29 is 8.42 Å². The minimum absolute atomic E-state index is 0.195. The molecule has 1 saturated heterocycles. The predicted molar refractivity (Wildman–Crippen MR) is 77.0 cm³/mol. The molecule has 0 saturated carbocycles. The first-order valence-electron chi connectivity index (χ1n) is 6.14. The number of sulfone groups is 1. The van der Waals surface area contributed by atoms with Gasteiger partial charge >= 0.3 is 0 Å². The molecule has 6 heteroatoms. The van der Waals surface area contributed by atoms with Crippen molar-refractivity contribution in [3.63, 3.8) is 0 Å². The third-order valence-electron chi connectivity index (χ3n) is 3.52. The Kier molecular flexibility index (Phi) is 2.82. The number of rotatable bonds is 1. The first kappa shape index (κ1) is 12.2. The van der Waals surface area contributed by atoms with Crippen molar-refractivity contribution in [2.75, 3.05) is 35.2 Å². The van der Waals surface area contributed by atoms with Crippen molar-refractivity contribution in [2.45, 2.75) is 0 Å². The Morgan fingerprint density at radius 3 is 2.63 bits per heavy atom. The summed E-state index contributed by atoms with van der Waals surface area (Å²) in [7, 11) is -2.87. The van der Waals surface area contributed by atoms with Crippen LogP contribution in [0, 0.1) is 0 Å². The summed E-state index contributed by atoms with van der Waals surface area (Å²) in [5, 5.41) is 1.95. The van der Waals surface area contributed by atoms with Gasteiger partial charge < -0.3 is 10.6 Å². The zero-order valence-electron chi connectivity index (χ0n) is 10.4. The topological polar surface area (TPSA) is 76.3 Å². The van der Waals surface area contributed by atoms with Gasteiger partial charge in [0.1, 0.15) is 0 Å². The number of pyridine rings is 1. The van der Waals surface area contributed by atoms with Crippen molar-refractivity contribution >= 4 is 32.0 Å². The zero-order chi connectivity index (χ0) is 13.5. The Balaban J connectivity index is 2.00. The standard InChI is InChI=1S/C13H15N3O2S/c14-13-11-3-4-15-9-10(11)1-2-12(13)16-5-7-19(17,18)8-6-16/h1-4,9H,5-8,14H2.